The van der Waals surface area contributed by atoms with Crippen LogP contribution in [0.25, 0.3) is 0 Å². The highest BCUT2D eigenvalue weighted by atomic mass is 32.1. The molecular formula is C19H13NO4S2. The van der Waals surface area contributed by atoms with E-state index < -0.39 is 17.7 Å². The Kier molecular flexibility index (Phi) is 4.10. The third-order valence-electron chi connectivity index (χ3n) is 4.15. The quantitative estimate of drug-likeness (QED) is 0.659. The number of anilines is 1. The van der Waals surface area contributed by atoms with E-state index in [9.17, 15) is 19.8 Å². The summed E-state index contributed by atoms with van der Waals surface area (Å²) >= 11 is 2.63. The molecule has 1 aliphatic heterocycles. The lowest BCUT2D eigenvalue weighted by atomic mass is 10.0. The molecule has 1 unspecified atom stereocenters. The number of carbonyl (C=O) groups is 2. The van der Waals surface area contributed by atoms with Gasteiger partial charge in [-0.2, -0.15) is 0 Å². The standard InChI is InChI=1S/C19H13NO4S2/c21-12-6-2-1-5-11(12)20-16(13-7-3-9-25-13)15(18(23)19(20)24)17(22)14-8-4-10-26-14/h1-10,16,21,23H. The summed E-state index contributed by atoms with van der Waals surface area (Å²) in [5.41, 5.74) is 0.277. The average molecular weight is 383 g/mol. The molecule has 130 valence electrons. The lowest BCUT2D eigenvalue weighted by molar-refractivity contribution is -0.117. The van der Waals surface area contributed by atoms with Gasteiger partial charge in [-0.3, -0.25) is 14.5 Å². The molecule has 0 saturated heterocycles. The number of Topliss-reactive ketones (excluding diaryl/α,β-unsaturated/α-hetero) is 1. The molecule has 1 aliphatic rings. The lowest BCUT2D eigenvalue weighted by Crippen LogP contribution is -2.30. The summed E-state index contributed by atoms with van der Waals surface area (Å²) in [6.07, 6.45) is 0. The molecule has 0 radical (unpaired) electrons. The third kappa shape index (κ3) is 2.53. The van der Waals surface area contributed by atoms with E-state index in [0.29, 0.717) is 4.88 Å². The Balaban J connectivity index is 1.89. The Bertz CT molecular complexity index is 1010. The fourth-order valence-electron chi connectivity index (χ4n) is 3.01. The van der Waals surface area contributed by atoms with Crippen molar-refractivity contribution >= 4 is 40.1 Å². The van der Waals surface area contributed by atoms with Gasteiger partial charge in [0, 0.05) is 4.88 Å². The molecule has 7 heteroatoms. The van der Waals surface area contributed by atoms with Crippen molar-refractivity contribution in [1.82, 2.24) is 0 Å². The molecule has 5 nitrogen and oxygen atoms in total. The van der Waals surface area contributed by atoms with Crippen molar-refractivity contribution in [1.29, 1.82) is 0 Å². The van der Waals surface area contributed by atoms with Gasteiger partial charge in [-0.25, -0.2) is 0 Å². The molecule has 0 saturated carbocycles. The molecule has 1 amide bonds. The summed E-state index contributed by atoms with van der Waals surface area (Å²) in [4.78, 5) is 28.2. The number of nitrogens with zero attached hydrogens (tertiary/aromatic N) is 1. The molecule has 2 N–H and O–H groups in total. The number of rotatable bonds is 4. The monoisotopic (exact) mass is 383 g/mol. The molecule has 0 aliphatic carbocycles. The van der Waals surface area contributed by atoms with E-state index in [-0.39, 0.29) is 22.8 Å². The second kappa shape index (κ2) is 6.44. The van der Waals surface area contributed by atoms with Crippen LogP contribution < -0.4 is 4.90 Å². The first kappa shape index (κ1) is 16.6. The molecule has 0 spiro atoms. The van der Waals surface area contributed by atoms with Crippen molar-refractivity contribution in [2.24, 2.45) is 0 Å². The van der Waals surface area contributed by atoms with Crippen LogP contribution in [0.4, 0.5) is 5.69 Å². The topological polar surface area (TPSA) is 77.8 Å². The summed E-state index contributed by atoms with van der Waals surface area (Å²) < 4.78 is 0. The molecule has 1 aromatic carbocycles. The van der Waals surface area contributed by atoms with Gasteiger partial charge in [0.25, 0.3) is 5.91 Å². The van der Waals surface area contributed by atoms with Crippen LogP contribution >= 0.6 is 22.7 Å². The Morgan fingerprint density at radius 1 is 0.962 bits per heavy atom. The second-order valence-electron chi connectivity index (χ2n) is 5.65. The second-order valence-corrected chi connectivity index (χ2v) is 7.58. The molecule has 4 rings (SSSR count). The smallest absolute Gasteiger partial charge is 0.294 e. The van der Waals surface area contributed by atoms with Gasteiger partial charge in [0.2, 0.25) is 5.78 Å². The van der Waals surface area contributed by atoms with Gasteiger partial charge in [0.1, 0.15) is 11.8 Å². The number of amides is 1. The maximum Gasteiger partial charge on any atom is 0.294 e. The highest BCUT2D eigenvalue weighted by Gasteiger charge is 2.45. The van der Waals surface area contributed by atoms with E-state index in [0.717, 1.165) is 4.88 Å². The first-order chi connectivity index (χ1) is 12.6. The van der Waals surface area contributed by atoms with Crippen molar-refractivity contribution in [3.63, 3.8) is 0 Å². The number of ketones is 1. The zero-order valence-electron chi connectivity index (χ0n) is 13.3. The van der Waals surface area contributed by atoms with Gasteiger partial charge in [0.15, 0.2) is 5.76 Å². The van der Waals surface area contributed by atoms with E-state index in [4.69, 9.17) is 0 Å². The molecule has 26 heavy (non-hydrogen) atoms. The average Bonchev–Trinajstić information content (AvgIpc) is 3.38. The summed E-state index contributed by atoms with van der Waals surface area (Å²) in [6.45, 7) is 0. The minimum absolute atomic E-state index is 0.0307. The SMILES string of the molecule is O=C(C1=C(O)C(=O)N(c2ccccc2O)C1c1cccs1)c1cccs1. The number of aliphatic hydroxyl groups excluding tert-OH is 1. The van der Waals surface area contributed by atoms with Crippen LogP contribution in [0.1, 0.15) is 20.6 Å². The van der Waals surface area contributed by atoms with Crippen LogP contribution in [-0.4, -0.2) is 21.9 Å². The third-order valence-corrected chi connectivity index (χ3v) is 5.95. The van der Waals surface area contributed by atoms with E-state index in [1.165, 1.54) is 33.6 Å². The molecule has 0 bridgehead atoms. The summed E-state index contributed by atoms with van der Waals surface area (Å²) in [5, 5.41) is 24.3. The molecule has 3 aromatic rings. The molecule has 1 atom stereocenters. The van der Waals surface area contributed by atoms with Crippen LogP contribution in [0.2, 0.25) is 0 Å². The minimum atomic E-state index is -0.787. The Morgan fingerprint density at radius 3 is 2.35 bits per heavy atom. The lowest BCUT2D eigenvalue weighted by Gasteiger charge is -2.26. The maximum absolute atomic E-state index is 13.0. The molecule has 3 heterocycles. The minimum Gasteiger partial charge on any atom is -0.506 e. The van der Waals surface area contributed by atoms with Crippen molar-refractivity contribution in [3.05, 3.63) is 80.4 Å². The highest BCUT2D eigenvalue weighted by molar-refractivity contribution is 7.12. The first-order valence-electron chi connectivity index (χ1n) is 7.76. The Hall–Kier alpha value is -2.90. The number of phenols is 1. The largest absolute Gasteiger partial charge is 0.506 e. The van der Waals surface area contributed by atoms with Crippen LogP contribution in [0.15, 0.2) is 70.6 Å². The van der Waals surface area contributed by atoms with Gasteiger partial charge in [-0.05, 0) is 35.0 Å². The van der Waals surface area contributed by atoms with Gasteiger partial charge < -0.3 is 10.2 Å². The normalized spacial score (nSPS) is 17.2. The Labute approximate surface area is 157 Å². The number of hydrogen-bond acceptors (Lipinski definition) is 6. The summed E-state index contributed by atoms with van der Waals surface area (Å²) in [6, 6.07) is 12.6. The predicted molar refractivity (Wildman–Crippen MR) is 101 cm³/mol. The zero-order chi connectivity index (χ0) is 18.3. The number of para-hydroxylation sites is 2. The number of aliphatic hydroxyl groups is 1. The van der Waals surface area contributed by atoms with Crippen molar-refractivity contribution < 1.29 is 19.8 Å². The maximum atomic E-state index is 13.0. The summed E-state index contributed by atoms with van der Waals surface area (Å²) in [7, 11) is 0. The van der Waals surface area contributed by atoms with Gasteiger partial charge in [-0.1, -0.05) is 24.3 Å². The van der Waals surface area contributed by atoms with Crippen molar-refractivity contribution in [2.45, 2.75) is 6.04 Å². The van der Waals surface area contributed by atoms with Crippen molar-refractivity contribution in [2.75, 3.05) is 4.90 Å². The van der Waals surface area contributed by atoms with Crippen molar-refractivity contribution in [3.8, 4) is 5.75 Å². The Morgan fingerprint density at radius 2 is 1.69 bits per heavy atom. The predicted octanol–water partition coefficient (Wildman–Crippen LogP) is 4.30. The first-order valence-corrected chi connectivity index (χ1v) is 9.52. The molecule has 2 aromatic heterocycles. The molecular weight excluding hydrogens is 370 g/mol. The highest BCUT2D eigenvalue weighted by Crippen LogP contribution is 2.45. The number of aromatic hydroxyl groups is 1. The van der Waals surface area contributed by atoms with Crippen LogP contribution in [0.3, 0.4) is 0 Å². The number of benzene rings is 1. The van der Waals surface area contributed by atoms with Crippen LogP contribution in [0, 0.1) is 0 Å². The number of hydrogen-bond donors (Lipinski definition) is 2. The fourth-order valence-corrected chi connectivity index (χ4v) is 4.51. The van der Waals surface area contributed by atoms with E-state index in [1.54, 1.807) is 41.8 Å². The number of phenolic OH excluding ortho intramolecular Hbond substituents is 1. The summed E-state index contributed by atoms with van der Waals surface area (Å²) in [5.74, 6) is -1.77. The van der Waals surface area contributed by atoms with E-state index >= 15 is 0 Å². The van der Waals surface area contributed by atoms with E-state index in [1.807, 2.05) is 11.4 Å². The van der Waals surface area contributed by atoms with Gasteiger partial charge >= 0.3 is 0 Å². The van der Waals surface area contributed by atoms with Crippen LogP contribution in [0.5, 0.6) is 5.75 Å². The number of thiophene rings is 2. The number of carbonyl (C=O) groups excluding carboxylic acids is 2. The zero-order valence-corrected chi connectivity index (χ0v) is 15.0. The van der Waals surface area contributed by atoms with Gasteiger partial charge in [-0.15, -0.1) is 22.7 Å². The fraction of sp³-hybridized carbons (Fsp3) is 0.0526. The molecule has 0 fully saturated rings. The van der Waals surface area contributed by atoms with Gasteiger partial charge in [0.05, 0.1) is 16.1 Å². The van der Waals surface area contributed by atoms with E-state index in [2.05, 4.69) is 0 Å². The van der Waals surface area contributed by atoms with Crippen LogP contribution in [-0.2, 0) is 4.79 Å².